The average molecular weight is 345 g/mol. The molecule has 2 saturated heterocycles. The van der Waals surface area contributed by atoms with Gasteiger partial charge in [0.25, 0.3) is 5.56 Å². The van der Waals surface area contributed by atoms with Crippen molar-refractivity contribution in [2.45, 2.75) is 69.9 Å². The fourth-order valence-electron chi connectivity index (χ4n) is 4.42. The first-order chi connectivity index (χ1) is 12.3. The molecule has 1 aromatic heterocycles. The van der Waals surface area contributed by atoms with Crippen LogP contribution in [0, 0.1) is 0 Å². The largest absolute Gasteiger partial charge is 0.302 e. The van der Waals surface area contributed by atoms with E-state index >= 15 is 0 Å². The molecule has 1 atom stereocenters. The molecule has 0 aromatic carbocycles. The lowest BCUT2D eigenvalue weighted by Gasteiger charge is -2.28. The lowest BCUT2D eigenvalue weighted by molar-refractivity contribution is 0.181. The summed E-state index contributed by atoms with van der Waals surface area (Å²) in [5.74, 6) is 0.606. The van der Waals surface area contributed by atoms with Gasteiger partial charge in [-0.1, -0.05) is 12.8 Å². The predicted octanol–water partition coefficient (Wildman–Crippen LogP) is 2.46. The smallest absolute Gasteiger partial charge is 0.266 e. The molecular formula is C20H32N4O. The van der Waals surface area contributed by atoms with Gasteiger partial charge in [-0.15, -0.1) is 0 Å². The van der Waals surface area contributed by atoms with Gasteiger partial charge in [-0.2, -0.15) is 5.10 Å². The Bertz CT molecular complexity index is 616. The Kier molecular flexibility index (Phi) is 5.51. The highest BCUT2D eigenvalue weighted by atomic mass is 16.1. The lowest BCUT2D eigenvalue weighted by atomic mass is 10.2. The third-order valence-corrected chi connectivity index (χ3v) is 6.17. The number of aromatic nitrogens is 2. The van der Waals surface area contributed by atoms with E-state index in [0.29, 0.717) is 12.0 Å². The van der Waals surface area contributed by atoms with E-state index in [1.165, 1.54) is 77.5 Å². The minimum absolute atomic E-state index is 0.0590. The summed E-state index contributed by atoms with van der Waals surface area (Å²) < 4.78 is 1.74. The molecule has 0 amide bonds. The van der Waals surface area contributed by atoms with Crippen molar-refractivity contribution in [1.29, 1.82) is 0 Å². The van der Waals surface area contributed by atoms with Gasteiger partial charge in [-0.3, -0.25) is 9.69 Å². The van der Waals surface area contributed by atoms with Crippen LogP contribution in [-0.2, 0) is 6.54 Å². The molecule has 1 aromatic rings. The molecule has 0 radical (unpaired) electrons. The van der Waals surface area contributed by atoms with Crippen LogP contribution in [0.2, 0.25) is 0 Å². The van der Waals surface area contributed by atoms with Crippen LogP contribution in [0.15, 0.2) is 16.9 Å². The minimum atomic E-state index is 0.0590. The number of likely N-dealkylation sites (tertiary alicyclic amines) is 2. The SMILES string of the molecule is O=c1ccc(C2CC2)nn1CC1CCCN1CCN1CCCCCC1. The zero-order chi connectivity index (χ0) is 17.1. The second-order valence-electron chi connectivity index (χ2n) is 8.14. The maximum atomic E-state index is 12.2. The van der Waals surface area contributed by atoms with Gasteiger partial charge in [-0.05, 0) is 64.2 Å². The van der Waals surface area contributed by atoms with E-state index < -0.39 is 0 Å². The van der Waals surface area contributed by atoms with Crippen molar-refractivity contribution in [1.82, 2.24) is 19.6 Å². The molecule has 1 unspecified atom stereocenters. The zero-order valence-corrected chi connectivity index (χ0v) is 15.4. The van der Waals surface area contributed by atoms with Gasteiger partial charge < -0.3 is 4.90 Å². The monoisotopic (exact) mass is 344 g/mol. The summed E-state index contributed by atoms with van der Waals surface area (Å²) in [7, 11) is 0. The molecule has 3 heterocycles. The van der Waals surface area contributed by atoms with Gasteiger partial charge in [0.05, 0.1) is 12.2 Å². The molecule has 1 aliphatic carbocycles. The molecule has 4 rings (SSSR count). The predicted molar refractivity (Wildman–Crippen MR) is 100.0 cm³/mol. The quantitative estimate of drug-likeness (QED) is 0.795. The molecule has 25 heavy (non-hydrogen) atoms. The highest BCUT2D eigenvalue weighted by molar-refractivity contribution is 5.12. The van der Waals surface area contributed by atoms with Crippen LogP contribution in [0.5, 0.6) is 0 Å². The first-order valence-corrected chi connectivity index (χ1v) is 10.3. The fourth-order valence-corrected chi connectivity index (χ4v) is 4.42. The maximum absolute atomic E-state index is 12.2. The average Bonchev–Trinajstić information content (AvgIpc) is 3.41. The van der Waals surface area contributed by atoms with Gasteiger partial charge in [0.1, 0.15) is 0 Å². The molecule has 5 heteroatoms. The third kappa shape index (κ3) is 4.50. The first-order valence-electron chi connectivity index (χ1n) is 10.3. The molecule has 2 aliphatic heterocycles. The number of hydrogen-bond donors (Lipinski definition) is 0. The summed E-state index contributed by atoms with van der Waals surface area (Å²) in [6.45, 7) is 6.80. The summed E-state index contributed by atoms with van der Waals surface area (Å²) in [6, 6.07) is 4.13. The van der Waals surface area contributed by atoms with E-state index in [1.54, 1.807) is 10.7 Å². The molecule has 0 N–H and O–H groups in total. The topological polar surface area (TPSA) is 41.4 Å². The summed E-state index contributed by atoms with van der Waals surface area (Å²) in [5, 5.41) is 4.66. The summed E-state index contributed by atoms with van der Waals surface area (Å²) in [5.41, 5.74) is 1.18. The molecule has 138 valence electrons. The van der Waals surface area contributed by atoms with Crippen molar-refractivity contribution in [3.63, 3.8) is 0 Å². The van der Waals surface area contributed by atoms with Crippen molar-refractivity contribution in [2.24, 2.45) is 0 Å². The molecule has 0 spiro atoms. The summed E-state index contributed by atoms with van der Waals surface area (Å²) in [6.07, 6.45) is 10.4. The van der Waals surface area contributed by atoms with Gasteiger partial charge in [-0.25, -0.2) is 4.68 Å². The van der Waals surface area contributed by atoms with Crippen molar-refractivity contribution in [3.05, 3.63) is 28.2 Å². The fraction of sp³-hybridized carbons (Fsp3) is 0.800. The van der Waals surface area contributed by atoms with E-state index in [4.69, 9.17) is 0 Å². The molecule has 5 nitrogen and oxygen atoms in total. The van der Waals surface area contributed by atoms with Crippen LogP contribution in [0.25, 0.3) is 0 Å². The van der Waals surface area contributed by atoms with Crippen LogP contribution < -0.4 is 5.56 Å². The second-order valence-corrected chi connectivity index (χ2v) is 8.14. The Morgan fingerprint density at radius 1 is 0.920 bits per heavy atom. The Morgan fingerprint density at radius 2 is 1.72 bits per heavy atom. The molecule has 0 bridgehead atoms. The minimum Gasteiger partial charge on any atom is -0.302 e. The summed E-state index contributed by atoms with van der Waals surface area (Å²) in [4.78, 5) is 17.5. The van der Waals surface area contributed by atoms with Gasteiger partial charge >= 0.3 is 0 Å². The Hall–Kier alpha value is -1.20. The van der Waals surface area contributed by atoms with Crippen molar-refractivity contribution < 1.29 is 0 Å². The van der Waals surface area contributed by atoms with E-state index in [1.807, 2.05) is 6.07 Å². The van der Waals surface area contributed by atoms with Crippen LogP contribution >= 0.6 is 0 Å². The number of rotatable bonds is 6. The Labute approximate surface area is 151 Å². The molecular weight excluding hydrogens is 312 g/mol. The van der Waals surface area contributed by atoms with E-state index in [2.05, 4.69) is 14.9 Å². The summed E-state index contributed by atoms with van der Waals surface area (Å²) >= 11 is 0. The van der Waals surface area contributed by atoms with E-state index in [0.717, 1.165) is 18.8 Å². The molecule has 3 fully saturated rings. The maximum Gasteiger partial charge on any atom is 0.266 e. The highest BCUT2D eigenvalue weighted by Crippen LogP contribution is 2.38. The van der Waals surface area contributed by atoms with Crippen LogP contribution in [0.1, 0.15) is 63.0 Å². The van der Waals surface area contributed by atoms with Crippen molar-refractivity contribution in [2.75, 3.05) is 32.7 Å². The Balaban J connectivity index is 1.35. The standard InChI is InChI=1S/C20H32N4O/c25-20-10-9-19(17-7-8-17)21-24(20)16-18-6-5-13-23(18)15-14-22-11-3-1-2-4-12-22/h9-10,17-18H,1-8,11-16H2. The molecule has 1 saturated carbocycles. The number of nitrogens with zero attached hydrogens (tertiary/aromatic N) is 4. The molecule has 3 aliphatic rings. The van der Waals surface area contributed by atoms with E-state index in [9.17, 15) is 4.79 Å². The van der Waals surface area contributed by atoms with E-state index in [-0.39, 0.29) is 5.56 Å². The normalized spacial score (nSPS) is 26.0. The third-order valence-electron chi connectivity index (χ3n) is 6.17. The van der Waals surface area contributed by atoms with Crippen molar-refractivity contribution in [3.8, 4) is 0 Å². The van der Waals surface area contributed by atoms with Gasteiger partial charge in [0.2, 0.25) is 0 Å². The highest BCUT2D eigenvalue weighted by Gasteiger charge is 2.28. The van der Waals surface area contributed by atoms with Gasteiger partial charge in [0.15, 0.2) is 0 Å². The van der Waals surface area contributed by atoms with Crippen LogP contribution in [0.4, 0.5) is 0 Å². The van der Waals surface area contributed by atoms with Crippen molar-refractivity contribution >= 4 is 0 Å². The van der Waals surface area contributed by atoms with Crippen LogP contribution in [0.3, 0.4) is 0 Å². The van der Waals surface area contributed by atoms with Crippen LogP contribution in [-0.4, -0.2) is 58.3 Å². The Morgan fingerprint density at radius 3 is 2.48 bits per heavy atom. The zero-order valence-electron chi connectivity index (χ0n) is 15.4. The second kappa shape index (κ2) is 8.00. The van der Waals surface area contributed by atoms with Gasteiger partial charge in [0, 0.05) is 31.1 Å². The number of hydrogen-bond acceptors (Lipinski definition) is 4. The first kappa shape index (κ1) is 17.2. The lowest BCUT2D eigenvalue weighted by Crippen LogP contribution is -2.41.